The van der Waals surface area contributed by atoms with Crippen molar-refractivity contribution >= 4 is 0 Å². The Kier molecular flexibility index (Phi) is 3.29. The number of hydrogen-bond acceptors (Lipinski definition) is 4. The molecular weight excluding hydrogens is 170 g/mol. The minimum Gasteiger partial charge on any atom is -0.389 e. The molecule has 0 aromatic rings. The van der Waals surface area contributed by atoms with Gasteiger partial charge in [-0.15, -0.1) is 0 Å². The van der Waals surface area contributed by atoms with Gasteiger partial charge in [-0.3, -0.25) is 0 Å². The molecule has 0 aromatic heterocycles. The summed E-state index contributed by atoms with van der Waals surface area (Å²) in [6.45, 7) is 6.28. The van der Waals surface area contributed by atoms with Crippen LogP contribution in [-0.4, -0.2) is 47.2 Å². The number of aliphatic hydroxyl groups is 2. The maximum Gasteiger partial charge on any atom is 0.0948 e. The third kappa shape index (κ3) is 2.91. The first kappa shape index (κ1) is 10.9. The largest absolute Gasteiger partial charge is 0.389 e. The molecule has 0 spiro atoms. The second kappa shape index (κ2) is 3.92. The van der Waals surface area contributed by atoms with Gasteiger partial charge in [-0.05, 0) is 20.8 Å². The third-order valence-electron chi connectivity index (χ3n) is 2.57. The van der Waals surface area contributed by atoms with Gasteiger partial charge >= 0.3 is 0 Å². The van der Waals surface area contributed by atoms with E-state index in [9.17, 15) is 10.2 Å². The monoisotopic (exact) mass is 189 g/mol. The zero-order chi connectivity index (χ0) is 10.1. The Morgan fingerprint density at radius 2 is 2.08 bits per heavy atom. The second-order valence-corrected chi connectivity index (χ2v) is 4.25. The number of ether oxygens (including phenoxy) is 1. The molecule has 3 atom stereocenters. The van der Waals surface area contributed by atoms with Crippen LogP contribution in [0.5, 0.6) is 0 Å². The molecule has 0 radical (unpaired) electrons. The van der Waals surface area contributed by atoms with E-state index in [1.807, 2.05) is 6.92 Å². The third-order valence-corrected chi connectivity index (χ3v) is 2.57. The normalized spacial score (nSPS) is 32.1. The summed E-state index contributed by atoms with van der Waals surface area (Å²) in [5.74, 6) is 0. The molecule has 1 aliphatic rings. The standard InChI is InChI=1S/C9H19NO3/c1-6(9(2,3)12)10-7-4-13-5-8(7)11/h6-8,10-12H,4-5H2,1-3H3/t6?,7-,8-/m1/s1. The van der Waals surface area contributed by atoms with Gasteiger partial charge in [0.2, 0.25) is 0 Å². The summed E-state index contributed by atoms with van der Waals surface area (Å²) >= 11 is 0. The molecule has 13 heavy (non-hydrogen) atoms. The van der Waals surface area contributed by atoms with Crippen LogP contribution in [0.15, 0.2) is 0 Å². The smallest absolute Gasteiger partial charge is 0.0948 e. The SMILES string of the molecule is CC(N[C@@H]1COC[C@H]1O)C(C)(C)O. The number of aliphatic hydroxyl groups excluding tert-OH is 1. The first-order valence-electron chi connectivity index (χ1n) is 4.65. The number of rotatable bonds is 3. The number of nitrogens with one attached hydrogen (secondary N) is 1. The lowest BCUT2D eigenvalue weighted by Gasteiger charge is -2.30. The summed E-state index contributed by atoms with van der Waals surface area (Å²) in [6, 6.07) is -0.115. The highest BCUT2D eigenvalue weighted by atomic mass is 16.5. The zero-order valence-corrected chi connectivity index (χ0v) is 8.45. The first-order valence-corrected chi connectivity index (χ1v) is 4.65. The summed E-state index contributed by atoms with van der Waals surface area (Å²) in [6.07, 6.45) is -0.454. The Morgan fingerprint density at radius 1 is 1.46 bits per heavy atom. The van der Waals surface area contributed by atoms with E-state index >= 15 is 0 Å². The van der Waals surface area contributed by atoms with Crippen molar-refractivity contribution in [3.05, 3.63) is 0 Å². The van der Waals surface area contributed by atoms with Gasteiger partial charge in [0.1, 0.15) is 0 Å². The maximum atomic E-state index is 9.65. The molecule has 0 amide bonds. The van der Waals surface area contributed by atoms with Gasteiger partial charge in [-0.2, -0.15) is 0 Å². The minimum absolute atomic E-state index is 0.0542. The first-order chi connectivity index (χ1) is 5.91. The Balaban J connectivity index is 2.40. The fourth-order valence-corrected chi connectivity index (χ4v) is 1.23. The van der Waals surface area contributed by atoms with Crippen LogP contribution in [-0.2, 0) is 4.74 Å². The van der Waals surface area contributed by atoms with Gasteiger partial charge in [0.05, 0.1) is 31.0 Å². The van der Waals surface area contributed by atoms with Crippen molar-refractivity contribution in [1.29, 1.82) is 0 Å². The molecule has 1 heterocycles. The second-order valence-electron chi connectivity index (χ2n) is 4.25. The highest BCUT2D eigenvalue weighted by Crippen LogP contribution is 2.12. The zero-order valence-electron chi connectivity index (χ0n) is 8.45. The molecule has 3 N–H and O–H groups in total. The molecule has 4 nitrogen and oxygen atoms in total. The Bertz CT molecular complexity index is 167. The highest BCUT2D eigenvalue weighted by Gasteiger charge is 2.31. The van der Waals surface area contributed by atoms with Crippen LogP contribution in [0.1, 0.15) is 20.8 Å². The van der Waals surface area contributed by atoms with Crippen LogP contribution < -0.4 is 5.32 Å². The lowest BCUT2D eigenvalue weighted by atomic mass is 9.99. The van der Waals surface area contributed by atoms with Gasteiger partial charge in [0.15, 0.2) is 0 Å². The molecule has 0 aromatic carbocycles. The quantitative estimate of drug-likeness (QED) is 0.560. The summed E-state index contributed by atoms with van der Waals surface area (Å²) in [7, 11) is 0. The van der Waals surface area contributed by atoms with Crippen molar-refractivity contribution in [3.8, 4) is 0 Å². The van der Waals surface area contributed by atoms with Gasteiger partial charge in [-0.1, -0.05) is 0 Å². The Morgan fingerprint density at radius 3 is 2.46 bits per heavy atom. The predicted octanol–water partition coefficient (Wildman–Crippen LogP) is -0.505. The molecule has 1 unspecified atom stereocenters. The van der Waals surface area contributed by atoms with Crippen LogP contribution >= 0.6 is 0 Å². The van der Waals surface area contributed by atoms with E-state index in [0.717, 1.165) is 0 Å². The number of hydrogen-bond donors (Lipinski definition) is 3. The van der Waals surface area contributed by atoms with Gasteiger partial charge < -0.3 is 20.3 Å². The average molecular weight is 189 g/mol. The van der Waals surface area contributed by atoms with Crippen molar-refractivity contribution in [2.24, 2.45) is 0 Å². The summed E-state index contributed by atoms with van der Waals surface area (Å²) in [5.41, 5.74) is -0.775. The van der Waals surface area contributed by atoms with Crippen LogP contribution in [0.4, 0.5) is 0 Å². The molecule has 78 valence electrons. The lowest BCUT2D eigenvalue weighted by molar-refractivity contribution is 0.0329. The minimum atomic E-state index is -0.775. The van der Waals surface area contributed by atoms with E-state index in [1.165, 1.54) is 0 Å². The summed E-state index contributed by atoms with van der Waals surface area (Å²) < 4.78 is 5.09. The maximum absolute atomic E-state index is 9.65. The van der Waals surface area contributed by atoms with Gasteiger partial charge in [0, 0.05) is 6.04 Å². The van der Waals surface area contributed by atoms with Crippen LogP contribution in [0.25, 0.3) is 0 Å². The van der Waals surface area contributed by atoms with Crippen molar-refractivity contribution in [3.63, 3.8) is 0 Å². The van der Waals surface area contributed by atoms with Crippen molar-refractivity contribution < 1.29 is 14.9 Å². The Labute approximate surface area is 78.9 Å². The van der Waals surface area contributed by atoms with Crippen LogP contribution in [0.2, 0.25) is 0 Å². The van der Waals surface area contributed by atoms with Crippen LogP contribution in [0.3, 0.4) is 0 Å². The topological polar surface area (TPSA) is 61.7 Å². The predicted molar refractivity (Wildman–Crippen MR) is 49.5 cm³/mol. The van der Waals surface area contributed by atoms with E-state index in [0.29, 0.717) is 13.2 Å². The molecule has 1 aliphatic heterocycles. The fourth-order valence-electron chi connectivity index (χ4n) is 1.23. The summed E-state index contributed by atoms with van der Waals surface area (Å²) in [5, 5.41) is 22.2. The van der Waals surface area contributed by atoms with Gasteiger partial charge in [-0.25, -0.2) is 0 Å². The molecule has 0 bridgehead atoms. The average Bonchev–Trinajstić information content (AvgIpc) is 2.34. The highest BCUT2D eigenvalue weighted by molar-refractivity contribution is 4.88. The van der Waals surface area contributed by atoms with Crippen molar-refractivity contribution in [1.82, 2.24) is 5.32 Å². The molecule has 0 aliphatic carbocycles. The molecule has 1 fully saturated rings. The molecule has 1 rings (SSSR count). The van der Waals surface area contributed by atoms with Crippen molar-refractivity contribution in [2.75, 3.05) is 13.2 Å². The molecule has 1 saturated heterocycles. The van der Waals surface area contributed by atoms with Gasteiger partial charge in [0.25, 0.3) is 0 Å². The van der Waals surface area contributed by atoms with Crippen molar-refractivity contribution in [2.45, 2.75) is 44.6 Å². The van der Waals surface area contributed by atoms with E-state index in [-0.39, 0.29) is 12.1 Å². The molecular formula is C9H19NO3. The van der Waals surface area contributed by atoms with E-state index in [1.54, 1.807) is 13.8 Å². The van der Waals surface area contributed by atoms with E-state index in [2.05, 4.69) is 5.32 Å². The lowest BCUT2D eigenvalue weighted by Crippen LogP contribution is -2.52. The van der Waals surface area contributed by atoms with Crippen LogP contribution in [0, 0.1) is 0 Å². The molecule has 4 heteroatoms. The van der Waals surface area contributed by atoms with E-state index in [4.69, 9.17) is 4.74 Å². The molecule has 0 saturated carbocycles. The Hall–Kier alpha value is -0.160. The van der Waals surface area contributed by atoms with E-state index < -0.39 is 11.7 Å². The summed E-state index contributed by atoms with van der Waals surface area (Å²) in [4.78, 5) is 0. The fraction of sp³-hybridized carbons (Fsp3) is 1.00.